The Morgan fingerprint density at radius 1 is 1.10 bits per heavy atom. The lowest BCUT2D eigenvalue weighted by Crippen LogP contribution is -2.44. The molecule has 20 heavy (non-hydrogen) atoms. The number of rotatable bonds is 3. The van der Waals surface area contributed by atoms with Gasteiger partial charge in [-0.2, -0.15) is 0 Å². The highest BCUT2D eigenvalue weighted by atomic mass is 28.3. The molecule has 0 atom stereocenters. The van der Waals surface area contributed by atoms with Crippen molar-refractivity contribution in [3.63, 3.8) is 0 Å². The second kappa shape index (κ2) is 5.85. The first-order valence-electron chi connectivity index (χ1n) is 7.28. The Labute approximate surface area is 121 Å². The fourth-order valence-electron chi connectivity index (χ4n) is 3.10. The monoisotopic (exact) mass is 294 g/mol. The fraction of sp³-hybridized carbons (Fsp3) is 0.600. The summed E-state index contributed by atoms with van der Waals surface area (Å²) in [5.74, 6) is 0.591. The first-order valence-corrected chi connectivity index (χ1v) is 8.80. The molecule has 0 bridgehead atoms. The van der Waals surface area contributed by atoms with Crippen LogP contribution in [0.5, 0.6) is 5.75 Å². The molecule has 0 amide bonds. The SMILES string of the molecule is CO[SiH](OC)c1ccc2c(c1)COC1(CCCCC1)O2. The van der Waals surface area contributed by atoms with Crippen LogP contribution in [0.1, 0.15) is 37.7 Å². The molecule has 0 N–H and O–H groups in total. The average molecular weight is 294 g/mol. The molecule has 0 radical (unpaired) electrons. The van der Waals surface area contributed by atoms with Crippen LogP contribution in [0, 0.1) is 0 Å². The zero-order chi connectivity index (χ0) is 14.0. The Morgan fingerprint density at radius 3 is 2.55 bits per heavy atom. The van der Waals surface area contributed by atoms with Gasteiger partial charge in [-0.15, -0.1) is 0 Å². The first-order chi connectivity index (χ1) is 9.76. The third-order valence-electron chi connectivity index (χ3n) is 4.19. The van der Waals surface area contributed by atoms with Crippen LogP contribution in [0.4, 0.5) is 0 Å². The van der Waals surface area contributed by atoms with Gasteiger partial charge in [-0.1, -0.05) is 12.5 Å². The molecule has 0 aromatic heterocycles. The minimum absolute atomic E-state index is 0.369. The van der Waals surface area contributed by atoms with Crippen molar-refractivity contribution >= 4 is 14.5 Å². The number of ether oxygens (including phenoxy) is 2. The molecule has 0 unspecified atom stereocenters. The summed E-state index contributed by atoms with van der Waals surface area (Å²) in [5.41, 5.74) is 1.10. The van der Waals surface area contributed by atoms with Gasteiger partial charge in [-0.25, -0.2) is 0 Å². The van der Waals surface area contributed by atoms with E-state index in [-0.39, 0.29) is 5.79 Å². The Kier molecular flexibility index (Phi) is 4.12. The zero-order valence-corrected chi connectivity index (χ0v) is 13.3. The van der Waals surface area contributed by atoms with E-state index in [9.17, 15) is 0 Å². The molecule has 110 valence electrons. The van der Waals surface area contributed by atoms with Crippen LogP contribution in [-0.4, -0.2) is 29.3 Å². The lowest BCUT2D eigenvalue weighted by molar-refractivity contribution is -0.222. The van der Waals surface area contributed by atoms with Crippen LogP contribution in [0.25, 0.3) is 0 Å². The number of hydrogen-bond acceptors (Lipinski definition) is 4. The molecule has 1 aliphatic heterocycles. The van der Waals surface area contributed by atoms with Crippen LogP contribution < -0.4 is 9.92 Å². The number of hydrogen-bond donors (Lipinski definition) is 0. The minimum atomic E-state index is -1.75. The van der Waals surface area contributed by atoms with Crippen molar-refractivity contribution in [2.45, 2.75) is 44.5 Å². The third kappa shape index (κ3) is 2.63. The highest BCUT2D eigenvalue weighted by molar-refractivity contribution is 6.61. The van der Waals surface area contributed by atoms with Gasteiger partial charge < -0.3 is 18.3 Å². The van der Waals surface area contributed by atoms with Gasteiger partial charge in [-0.05, 0) is 30.2 Å². The smallest absolute Gasteiger partial charge is 0.355 e. The lowest BCUT2D eigenvalue weighted by atomic mass is 9.93. The predicted octanol–water partition coefficient (Wildman–Crippen LogP) is 1.98. The molecule has 1 aromatic rings. The molecule has 5 heteroatoms. The molecule has 4 nitrogen and oxygen atoms in total. The molecule has 0 saturated heterocycles. The summed E-state index contributed by atoms with van der Waals surface area (Å²) in [6, 6.07) is 6.21. The van der Waals surface area contributed by atoms with Gasteiger partial charge in [0.1, 0.15) is 5.75 Å². The van der Waals surface area contributed by atoms with E-state index in [1.807, 2.05) is 6.07 Å². The molecule has 1 heterocycles. The molecule has 1 saturated carbocycles. The molecule has 1 aliphatic carbocycles. The van der Waals surface area contributed by atoms with Gasteiger partial charge in [0.15, 0.2) is 0 Å². The summed E-state index contributed by atoms with van der Waals surface area (Å²) < 4.78 is 23.1. The quantitative estimate of drug-likeness (QED) is 0.799. The summed E-state index contributed by atoms with van der Waals surface area (Å²) in [6.45, 7) is 0.623. The largest absolute Gasteiger partial charge is 0.462 e. The van der Waals surface area contributed by atoms with Gasteiger partial charge in [-0.3, -0.25) is 0 Å². The summed E-state index contributed by atoms with van der Waals surface area (Å²) >= 11 is 0. The molecule has 1 aromatic carbocycles. The van der Waals surface area contributed by atoms with E-state index in [1.54, 1.807) is 14.2 Å². The van der Waals surface area contributed by atoms with E-state index >= 15 is 0 Å². The second-order valence-electron chi connectivity index (χ2n) is 5.53. The number of fused-ring (bicyclic) bond motifs is 1. The van der Waals surface area contributed by atoms with Crippen LogP contribution in [0.3, 0.4) is 0 Å². The van der Waals surface area contributed by atoms with Gasteiger partial charge >= 0.3 is 9.28 Å². The lowest BCUT2D eigenvalue weighted by Gasteiger charge is -2.41. The zero-order valence-electron chi connectivity index (χ0n) is 12.2. The normalized spacial score (nSPS) is 20.8. The van der Waals surface area contributed by atoms with E-state index < -0.39 is 9.28 Å². The van der Waals surface area contributed by atoms with Crippen molar-refractivity contribution in [1.29, 1.82) is 0 Å². The molecule has 1 fully saturated rings. The number of benzene rings is 1. The van der Waals surface area contributed by atoms with Crippen molar-refractivity contribution in [1.82, 2.24) is 0 Å². The average Bonchev–Trinajstić information content (AvgIpc) is 2.49. The predicted molar refractivity (Wildman–Crippen MR) is 78.5 cm³/mol. The Balaban J connectivity index is 1.81. The highest BCUT2D eigenvalue weighted by Crippen LogP contribution is 2.39. The van der Waals surface area contributed by atoms with Crippen LogP contribution in [0.15, 0.2) is 18.2 Å². The van der Waals surface area contributed by atoms with E-state index in [2.05, 4.69) is 12.1 Å². The topological polar surface area (TPSA) is 36.9 Å². The van der Waals surface area contributed by atoms with Gasteiger partial charge in [0.2, 0.25) is 5.79 Å². The molecule has 1 spiro atoms. The maximum absolute atomic E-state index is 6.17. The van der Waals surface area contributed by atoms with Crippen molar-refractivity contribution in [3.8, 4) is 5.75 Å². The van der Waals surface area contributed by atoms with Crippen molar-refractivity contribution in [3.05, 3.63) is 23.8 Å². The van der Waals surface area contributed by atoms with E-state index in [0.717, 1.165) is 29.3 Å². The Bertz CT molecular complexity index is 467. The summed E-state index contributed by atoms with van der Waals surface area (Å²) in [5, 5.41) is 1.13. The first kappa shape index (κ1) is 14.1. The standard InChI is InChI=1S/C15H22O4Si/c1-16-20(17-2)13-6-7-14-12(10-13)11-18-15(19-14)8-4-3-5-9-15/h6-7,10,20H,3-5,8-9,11H2,1-2H3. The maximum Gasteiger partial charge on any atom is 0.355 e. The second-order valence-corrected chi connectivity index (χ2v) is 7.81. The summed E-state index contributed by atoms with van der Waals surface area (Å²) in [4.78, 5) is 0. The van der Waals surface area contributed by atoms with Crippen LogP contribution in [0.2, 0.25) is 0 Å². The van der Waals surface area contributed by atoms with E-state index in [1.165, 1.54) is 19.3 Å². The van der Waals surface area contributed by atoms with Crippen molar-refractivity contribution in [2.24, 2.45) is 0 Å². The maximum atomic E-state index is 6.17. The van der Waals surface area contributed by atoms with E-state index in [0.29, 0.717) is 6.61 Å². The van der Waals surface area contributed by atoms with E-state index in [4.69, 9.17) is 18.3 Å². The minimum Gasteiger partial charge on any atom is -0.462 e. The van der Waals surface area contributed by atoms with Gasteiger partial charge in [0.05, 0.1) is 6.61 Å². The molecule has 3 rings (SSSR count). The fourth-order valence-corrected chi connectivity index (χ4v) is 4.43. The Hall–Kier alpha value is -0.883. The Morgan fingerprint density at radius 2 is 1.85 bits per heavy atom. The molecular formula is C15H22O4Si. The summed E-state index contributed by atoms with van der Waals surface area (Å²) in [7, 11) is 1.64. The van der Waals surface area contributed by atoms with Gasteiger partial charge in [0, 0.05) is 32.6 Å². The third-order valence-corrected chi connectivity index (χ3v) is 5.95. The van der Waals surface area contributed by atoms with Gasteiger partial charge in [0.25, 0.3) is 0 Å². The molecule has 2 aliphatic rings. The molecular weight excluding hydrogens is 272 g/mol. The highest BCUT2D eigenvalue weighted by Gasteiger charge is 2.38. The van der Waals surface area contributed by atoms with Crippen LogP contribution in [-0.2, 0) is 20.2 Å². The van der Waals surface area contributed by atoms with Crippen LogP contribution >= 0.6 is 0 Å². The van der Waals surface area contributed by atoms with Crippen molar-refractivity contribution < 1.29 is 18.3 Å². The summed E-state index contributed by atoms with van der Waals surface area (Å²) in [6.07, 6.45) is 5.67. The van der Waals surface area contributed by atoms with Crippen molar-refractivity contribution in [2.75, 3.05) is 14.2 Å².